The number of aromatic nitrogens is 2. The van der Waals surface area contributed by atoms with Crippen LogP contribution in [-0.2, 0) is 4.74 Å². The predicted octanol–water partition coefficient (Wildman–Crippen LogP) is 1.83. The summed E-state index contributed by atoms with van der Waals surface area (Å²) >= 11 is 0. The summed E-state index contributed by atoms with van der Waals surface area (Å²) in [6.45, 7) is 7.94. The molecule has 1 aliphatic rings. The Bertz CT molecular complexity index is 410. The second-order valence-corrected chi connectivity index (χ2v) is 4.80. The first-order chi connectivity index (χ1) is 8.63. The lowest BCUT2D eigenvalue weighted by atomic mass is 10.1. The highest BCUT2D eigenvalue weighted by Crippen LogP contribution is 2.23. The fourth-order valence-electron chi connectivity index (χ4n) is 2.27. The molecule has 2 unspecified atom stereocenters. The van der Waals surface area contributed by atoms with E-state index in [4.69, 9.17) is 4.74 Å². The molecule has 2 rings (SSSR count). The topological polar surface area (TPSA) is 50.3 Å². The van der Waals surface area contributed by atoms with Gasteiger partial charge in [0.25, 0.3) is 0 Å². The molecule has 0 spiro atoms. The Hall–Kier alpha value is -1.36. The summed E-state index contributed by atoms with van der Waals surface area (Å²) in [6, 6.07) is 2.45. The molecule has 0 saturated carbocycles. The first-order valence-electron chi connectivity index (χ1n) is 6.55. The van der Waals surface area contributed by atoms with Crippen molar-refractivity contribution in [2.75, 3.05) is 30.4 Å². The monoisotopic (exact) mass is 250 g/mol. The van der Waals surface area contributed by atoms with Crippen LogP contribution in [0.4, 0.5) is 11.8 Å². The predicted molar refractivity (Wildman–Crippen MR) is 73.2 cm³/mol. The molecule has 1 aromatic rings. The third-order valence-corrected chi connectivity index (χ3v) is 3.30. The van der Waals surface area contributed by atoms with E-state index < -0.39 is 0 Å². The van der Waals surface area contributed by atoms with E-state index in [-0.39, 0.29) is 6.10 Å². The van der Waals surface area contributed by atoms with Gasteiger partial charge in [-0.1, -0.05) is 6.92 Å². The van der Waals surface area contributed by atoms with Crippen LogP contribution in [0.1, 0.15) is 26.0 Å². The molecule has 0 aliphatic carbocycles. The van der Waals surface area contributed by atoms with Gasteiger partial charge in [-0.2, -0.15) is 4.98 Å². The zero-order valence-corrected chi connectivity index (χ0v) is 11.6. The van der Waals surface area contributed by atoms with Crippen molar-refractivity contribution in [2.45, 2.75) is 39.3 Å². The lowest BCUT2D eigenvalue weighted by Gasteiger charge is -2.39. The Labute approximate surface area is 109 Å². The molecular formula is C13H22N4O. The summed E-state index contributed by atoms with van der Waals surface area (Å²) in [7, 11) is 1.85. The maximum Gasteiger partial charge on any atom is 0.224 e. The van der Waals surface area contributed by atoms with Gasteiger partial charge in [0.15, 0.2) is 0 Å². The van der Waals surface area contributed by atoms with Crippen LogP contribution < -0.4 is 10.2 Å². The van der Waals surface area contributed by atoms with Gasteiger partial charge in [0.1, 0.15) is 5.82 Å². The summed E-state index contributed by atoms with van der Waals surface area (Å²) < 4.78 is 5.72. The number of morpholine rings is 1. The van der Waals surface area contributed by atoms with E-state index in [0.717, 1.165) is 31.1 Å². The number of ether oxygens (including phenoxy) is 1. The minimum atomic E-state index is 0.251. The van der Waals surface area contributed by atoms with E-state index in [2.05, 4.69) is 34.0 Å². The van der Waals surface area contributed by atoms with Crippen molar-refractivity contribution in [3.63, 3.8) is 0 Å². The quantitative estimate of drug-likeness (QED) is 0.887. The third kappa shape index (κ3) is 2.72. The zero-order chi connectivity index (χ0) is 13.1. The van der Waals surface area contributed by atoms with Gasteiger partial charge in [0.05, 0.1) is 18.8 Å². The Morgan fingerprint density at radius 3 is 2.94 bits per heavy atom. The zero-order valence-electron chi connectivity index (χ0n) is 11.6. The van der Waals surface area contributed by atoms with Crippen molar-refractivity contribution in [2.24, 2.45) is 0 Å². The average Bonchev–Trinajstić information content (AvgIpc) is 2.38. The van der Waals surface area contributed by atoms with Crippen molar-refractivity contribution < 1.29 is 4.74 Å². The molecule has 18 heavy (non-hydrogen) atoms. The van der Waals surface area contributed by atoms with E-state index in [1.54, 1.807) is 0 Å². The first-order valence-corrected chi connectivity index (χ1v) is 6.55. The van der Waals surface area contributed by atoms with Gasteiger partial charge in [-0.15, -0.1) is 0 Å². The van der Waals surface area contributed by atoms with Crippen molar-refractivity contribution >= 4 is 11.8 Å². The second-order valence-electron chi connectivity index (χ2n) is 4.80. The Balaban J connectivity index is 2.29. The first kappa shape index (κ1) is 13.1. The van der Waals surface area contributed by atoms with Crippen LogP contribution in [0.2, 0.25) is 0 Å². The van der Waals surface area contributed by atoms with Gasteiger partial charge < -0.3 is 15.0 Å². The maximum atomic E-state index is 5.72. The van der Waals surface area contributed by atoms with Gasteiger partial charge in [-0.3, -0.25) is 0 Å². The standard InChI is InChI=1S/C13H22N4O/c1-5-11-8-18-10(3)7-17(11)12-6-9(2)15-13(14-4)16-12/h6,10-11H,5,7-8H2,1-4H3,(H,14,15,16). The van der Waals surface area contributed by atoms with Crippen LogP contribution in [0.5, 0.6) is 0 Å². The van der Waals surface area contributed by atoms with Crippen LogP contribution in [0.3, 0.4) is 0 Å². The molecule has 0 amide bonds. The maximum absolute atomic E-state index is 5.72. The van der Waals surface area contributed by atoms with Gasteiger partial charge >= 0.3 is 0 Å². The lowest BCUT2D eigenvalue weighted by Crippen LogP contribution is -2.49. The SMILES string of the molecule is CCC1COC(C)CN1c1cc(C)nc(NC)n1. The van der Waals surface area contributed by atoms with Crippen molar-refractivity contribution in [1.82, 2.24) is 9.97 Å². The number of anilines is 2. The Kier molecular flexibility index (Phi) is 4.01. The fourth-order valence-corrected chi connectivity index (χ4v) is 2.27. The van der Waals surface area contributed by atoms with Crippen molar-refractivity contribution in [3.8, 4) is 0 Å². The van der Waals surface area contributed by atoms with Gasteiger partial charge in [-0.05, 0) is 20.3 Å². The van der Waals surface area contributed by atoms with Gasteiger partial charge in [0.2, 0.25) is 5.95 Å². The highest BCUT2D eigenvalue weighted by atomic mass is 16.5. The number of hydrogen-bond acceptors (Lipinski definition) is 5. The molecule has 0 bridgehead atoms. The number of rotatable bonds is 3. The molecule has 0 aromatic carbocycles. The number of hydrogen-bond donors (Lipinski definition) is 1. The average molecular weight is 250 g/mol. The second kappa shape index (κ2) is 5.52. The highest BCUT2D eigenvalue weighted by Gasteiger charge is 2.27. The molecule has 100 valence electrons. The largest absolute Gasteiger partial charge is 0.375 e. The third-order valence-electron chi connectivity index (χ3n) is 3.30. The van der Waals surface area contributed by atoms with E-state index in [1.807, 2.05) is 20.0 Å². The Morgan fingerprint density at radius 1 is 1.50 bits per heavy atom. The normalized spacial score (nSPS) is 24.1. The van der Waals surface area contributed by atoms with Crippen LogP contribution in [0, 0.1) is 6.92 Å². The van der Waals surface area contributed by atoms with E-state index in [9.17, 15) is 0 Å². The molecule has 5 heteroatoms. The molecule has 2 atom stereocenters. The van der Waals surface area contributed by atoms with E-state index in [0.29, 0.717) is 12.0 Å². The Morgan fingerprint density at radius 2 is 2.28 bits per heavy atom. The molecule has 1 N–H and O–H groups in total. The number of aryl methyl sites for hydroxylation is 1. The molecule has 5 nitrogen and oxygen atoms in total. The van der Waals surface area contributed by atoms with Crippen LogP contribution in [0.25, 0.3) is 0 Å². The minimum absolute atomic E-state index is 0.251. The molecule has 1 fully saturated rings. The van der Waals surface area contributed by atoms with Crippen LogP contribution in [0.15, 0.2) is 6.07 Å². The van der Waals surface area contributed by atoms with Crippen LogP contribution >= 0.6 is 0 Å². The molecular weight excluding hydrogens is 228 g/mol. The van der Waals surface area contributed by atoms with Gasteiger partial charge in [0, 0.05) is 25.4 Å². The van der Waals surface area contributed by atoms with Crippen molar-refractivity contribution in [3.05, 3.63) is 11.8 Å². The molecule has 1 aromatic heterocycles. The molecule has 2 heterocycles. The highest BCUT2D eigenvalue weighted by molar-refractivity contribution is 5.46. The summed E-state index contributed by atoms with van der Waals surface area (Å²) in [5.74, 6) is 1.67. The lowest BCUT2D eigenvalue weighted by molar-refractivity contribution is 0.0296. The molecule has 1 aliphatic heterocycles. The van der Waals surface area contributed by atoms with Gasteiger partial charge in [-0.25, -0.2) is 4.98 Å². The van der Waals surface area contributed by atoms with Crippen LogP contribution in [-0.4, -0.2) is 42.3 Å². The summed E-state index contributed by atoms with van der Waals surface area (Å²) in [5, 5.41) is 3.01. The number of nitrogens with one attached hydrogen (secondary N) is 1. The van der Waals surface area contributed by atoms with Crippen molar-refractivity contribution in [1.29, 1.82) is 0 Å². The smallest absolute Gasteiger partial charge is 0.224 e. The summed E-state index contributed by atoms with van der Waals surface area (Å²) in [5.41, 5.74) is 0.985. The fraction of sp³-hybridized carbons (Fsp3) is 0.692. The van der Waals surface area contributed by atoms with E-state index in [1.165, 1.54) is 0 Å². The molecule has 1 saturated heterocycles. The summed E-state index contributed by atoms with van der Waals surface area (Å²) in [4.78, 5) is 11.2. The molecule has 0 radical (unpaired) electrons. The summed E-state index contributed by atoms with van der Waals surface area (Å²) in [6.07, 6.45) is 1.31. The number of nitrogens with zero attached hydrogens (tertiary/aromatic N) is 3. The van der Waals surface area contributed by atoms with E-state index >= 15 is 0 Å². The minimum Gasteiger partial charge on any atom is -0.375 e.